The fraction of sp³-hybridized carbons (Fsp3) is 0. The number of nitrogens with one attached hydrogen (secondary N) is 1. The molecule has 0 unspecified atom stereocenters. The van der Waals surface area contributed by atoms with Gasteiger partial charge in [-0.1, -0.05) is 23.2 Å². The molecule has 20 heavy (non-hydrogen) atoms. The largest absolute Gasteiger partial charge is 0.276 e. The monoisotopic (exact) mass is 398 g/mol. The van der Waals surface area contributed by atoms with Crippen molar-refractivity contribution in [1.82, 2.24) is 4.98 Å². The molecule has 0 amide bonds. The predicted octanol–water partition coefficient (Wildman–Crippen LogP) is 4.09. The second-order valence-electron chi connectivity index (χ2n) is 3.67. The van der Waals surface area contributed by atoms with E-state index in [0.29, 0.717) is 4.47 Å². The Hall–Kier alpha value is -0.890. The van der Waals surface area contributed by atoms with Crippen LogP contribution in [0.1, 0.15) is 0 Å². The summed E-state index contributed by atoms with van der Waals surface area (Å²) in [7, 11) is -3.94. The number of aromatic nitrogens is 1. The van der Waals surface area contributed by atoms with Crippen LogP contribution in [-0.2, 0) is 10.0 Å². The molecule has 1 aromatic carbocycles. The second-order valence-corrected chi connectivity index (χ2v) is 7.04. The molecule has 0 radical (unpaired) electrons. The number of benzene rings is 1. The Balaban J connectivity index is 2.40. The van der Waals surface area contributed by atoms with Crippen LogP contribution < -0.4 is 4.72 Å². The van der Waals surface area contributed by atoms with Gasteiger partial charge in [0.25, 0.3) is 10.0 Å². The summed E-state index contributed by atoms with van der Waals surface area (Å²) in [5, 5.41) is -0.295. The van der Waals surface area contributed by atoms with E-state index in [2.05, 4.69) is 25.6 Å². The number of anilines is 1. The molecule has 9 heteroatoms. The van der Waals surface area contributed by atoms with Gasteiger partial charge in [-0.2, -0.15) is 0 Å². The van der Waals surface area contributed by atoms with Gasteiger partial charge in [-0.3, -0.25) is 4.72 Å². The zero-order valence-electron chi connectivity index (χ0n) is 9.57. The van der Waals surface area contributed by atoms with Crippen molar-refractivity contribution in [3.63, 3.8) is 0 Å². The highest BCUT2D eigenvalue weighted by atomic mass is 79.9. The lowest BCUT2D eigenvalue weighted by Crippen LogP contribution is -2.13. The summed E-state index contributed by atoms with van der Waals surface area (Å²) in [5.41, 5.74) is 0.0986. The molecule has 1 N–H and O–H groups in total. The molecule has 0 fully saturated rings. The fourth-order valence-corrected chi connectivity index (χ4v) is 3.21. The molecule has 2 aromatic rings. The van der Waals surface area contributed by atoms with Crippen molar-refractivity contribution >= 4 is 54.8 Å². The Labute approximate surface area is 133 Å². The minimum atomic E-state index is -3.94. The van der Waals surface area contributed by atoms with Gasteiger partial charge in [-0.05, 0) is 40.2 Å². The average Bonchev–Trinajstić information content (AvgIpc) is 2.36. The number of halogens is 4. The molecule has 0 bridgehead atoms. The second kappa shape index (κ2) is 5.85. The Kier molecular flexibility index (Phi) is 4.53. The summed E-state index contributed by atoms with van der Waals surface area (Å²) >= 11 is 14.5. The van der Waals surface area contributed by atoms with E-state index in [1.807, 2.05) is 0 Å². The molecule has 0 saturated heterocycles. The Bertz CT molecular complexity index is 771. The van der Waals surface area contributed by atoms with Crippen LogP contribution >= 0.6 is 39.1 Å². The number of hydrogen-bond donors (Lipinski definition) is 1. The summed E-state index contributed by atoms with van der Waals surface area (Å²) in [6.45, 7) is 0. The minimum Gasteiger partial charge on any atom is -0.276 e. The van der Waals surface area contributed by atoms with Gasteiger partial charge in [-0.15, -0.1) is 0 Å². The van der Waals surface area contributed by atoms with E-state index in [4.69, 9.17) is 23.2 Å². The smallest absolute Gasteiger partial charge is 0.262 e. The van der Waals surface area contributed by atoms with Gasteiger partial charge in [0.15, 0.2) is 5.15 Å². The lowest BCUT2D eigenvalue weighted by molar-refractivity contribution is 0.599. The summed E-state index contributed by atoms with van der Waals surface area (Å²) in [4.78, 5) is 3.61. The van der Waals surface area contributed by atoms with Crippen molar-refractivity contribution in [2.24, 2.45) is 0 Å². The van der Waals surface area contributed by atoms with Crippen LogP contribution in [0.25, 0.3) is 0 Å². The molecule has 0 saturated carbocycles. The molecule has 0 atom stereocenters. The highest BCUT2D eigenvalue weighted by Crippen LogP contribution is 2.27. The van der Waals surface area contributed by atoms with Crippen molar-refractivity contribution in [1.29, 1.82) is 0 Å². The van der Waals surface area contributed by atoms with Gasteiger partial charge < -0.3 is 0 Å². The molecule has 1 aromatic heterocycles. The normalized spacial score (nSPS) is 11.4. The number of pyridine rings is 1. The van der Waals surface area contributed by atoms with Gasteiger partial charge in [0.05, 0.1) is 15.6 Å². The predicted molar refractivity (Wildman–Crippen MR) is 79.2 cm³/mol. The first kappa shape index (κ1) is 15.5. The first-order chi connectivity index (χ1) is 9.29. The van der Waals surface area contributed by atoms with Crippen LogP contribution in [-0.4, -0.2) is 13.4 Å². The topological polar surface area (TPSA) is 59.1 Å². The van der Waals surface area contributed by atoms with Gasteiger partial charge in [0.1, 0.15) is 5.82 Å². The van der Waals surface area contributed by atoms with Crippen molar-refractivity contribution in [2.75, 3.05) is 4.72 Å². The minimum absolute atomic E-state index is 0.00927. The summed E-state index contributed by atoms with van der Waals surface area (Å²) in [5.74, 6) is -0.701. The molecular weight excluding hydrogens is 394 g/mol. The van der Waals surface area contributed by atoms with Crippen molar-refractivity contribution < 1.29 is 12.8 Å². The van der Waals surface area contributed by atoms with Gasteiger partial charge >= 0.3 is 0 Å². The van der Waals surface area contributed by atoms with Crippen molar-refractivity contribution in [3.05, 3.63) is 50.9 Å². The summed E-state index contributed by atoms with van der Waals surface area (Å²) < 4.78 is 40.1. The van der Waals surface area contributed by atoms with Gasteiger partial charge in [0.2, 0.25) is 0 Å². The molecule has 1 heterocycles. The molecule has 0 aliphatic carbocycles. The zero-order chi connectivity index (χ0) is 14.9. The number of hydrogen-bond acceptors (Lipinski definition) is 3. The van der Waals surface area contributed by atoms with Gasteiger partial charge in [-0.25, -0.2) is 17.8 Å². The maximum absolute atomic E-state index is 13.0. The quantitative estimate of drug-likeness (QED) is 0.790. The van der Waals surface area contributed by atoms with Crippen LogP contribution in [0.15, 0.2) is 39.8 Å². The van der Waals surface area contributed by atoms with Crippen molar-refractivity contribution in [3.8, 4) is 0 Å². The molecular formula is C11H6BrCl2FN2O2S. The molecule has 4 nitrogen and oxygen atoms in total. The molecule has 0 aliphatic heterocycles. The number of nitrogens with zero attached hydrogens (tertiary/aromatic N) is 1. The van der Waals surface area contributed by atoms with Crippen LogP contribution in [0, 0.1) is 5.82 Å². The Morgan fingerprint density at radius 1 is 1.25 bits per heavy atom. The first-order valence-corrected chi connectivity index (χ1v) is 8.12. The maximum atomic E-state index is 13.0. The SMILES string of the molecule is O=S(=O)(Nc1cc(Br)cnc1Cl)c1ccc(F)c(Cl)c1. The maximum Gasteiger partial charge on any atom is 0.262 e. The molecule has 0 aliphatic rings. The van der Waals surface area contributed by atoms with E-state index in [1.54, 1.807) is 0 Å². The van der Waals surface area contributed by atoms with E-state index in [-0.39, 0.29) is 20.8 Å². The van der Waals surface area contributed by atoms with Crippen LogP contribution in [0.3, 0.4) is 0 Å². The highest BCUT2D eigenvalue weighted by molar-refractivity contribution is 9.10. The van der Waals surface area contributed by atoms with E-state index >= 15 is 0 Å². The standard InChI is InChI=1S/C11H6BrCl2FN2O2S/c12-6-3-10(11(14)16-5-6)17-20(18,19)7-1-2-9(15)8(13)4-7/h1-5,17H. The zero-order valence-corrected chi connectivity index (χ0v) is 13.5. The van der Waals surface area contributed by atoms with E-state index < -0.39 is 15.8 Å². The van der Waals surface area contributed by atoms with Crippen LogP contribution in [0.2, 0.25) is 10.2 Å². The summed E-state index contributed by atoms with van der Waals surface area (Å²) in [6, 6.07) is 4.54. The van der Waals surface area contributed by atoms with Crippen LogP contribution in [0.4, 0.5) is 10.1 Å². The van der Waals surface area contributed by atoms with Crippen LogP contribution in [0.5, 0.6) is 0 Å². The molecule has 2 rings (SSSR count). The third-order valence-electron chi connectivity index (χ3n) is 2.25. The van der Waals surface area contributed by atoms with E-state index in [9.17, 15) is 12.8 Å². The highest BCUT2D eigenvalue weighted by Gasteiger charge is 2.18. The number of sulfonamides is 1. The molecule has 106 valence electrons. The van der Waals surface area contributed by atoms with Crippen molar-refractivity contribution in [2.45, 2.75) is 4.90 Å². The first-order valence-electron chi connectivity index (χ1n) is 5.08. The molecule has 0 spiro atoms. The number of rotatable bonds is 3. The third-order valence-corrected chi connectivity index (χ3v) is 4.64. The Morgan fingerprint density at radius 2 is 1.95 bits per heavy atom. The van der Waals surface area contributed by atoms with E-state index in [1.165, 1.54) is 12.3 Å². The average molecular weight is 400 g/mol. The van der Waals surface area contributed by atoms with Gasteiger partial charge in [0, 0.05) is 10.7 Å². The third kappa shape index (κ3) is 3.41. The Morgan fingerprint density at radius 3 is 2.60 bits per heavy atom. The van der Waals surface area contributed by atoms with E-state index in [0.717, 1.165) is 18.2 Å². The lowest BCUT2D eigenvalue weighted by atomic mass is 10.3. The summed E-state index contributed by atoms with van der Waals surface area (Å²) in [6.07, 6.45) is 1.43. The fourth-order valence-electron chi connectivity index (χ4n) is 1.34. The lowest BCUT2D eigenvalue weighted by Gasteiger charge is -2.09.